The van der Waals surface area contributed by atoms with E-state index in [4.69, 9.17) is 5.73 Å². The predicted octanol–water partition coefficient (Wildman–Crippen LogP) is 3.29. The number of likely N-dealkylation sites (N-methyl/N-ethyl adjacent to an activating group) is 1. The second-order valence-electron chi connectivity index (χ2n) is 5.17. The van der Waals surface area contributed by atoms with Crippen LogP contribution in [-0.4, -0.2) is 25.0 Å². The number of alkyl halides is 3. The standard InChI is InChI=1S/C14H21F3N2/c1-10(2)9-19(3)13(8-18)11-6-4-5-7-12(11)14(15,16)17/h4-7,10,13H,8-9,18H2,1-3H3. The zero-order valence-electron chi connectivity index (χ0n) is 11.5. The van der Waals surface area contributed by atoms with E-state index in [1.165, 1.54) is 12.1 Å². The Bertz CT molecular complexity index is 402. The minimum absolute atomic E-state index is 0.163. The van der Waals surface area contributed by atoms with Crippen LogP contribution in [0.3, 0.4) is 0 Å². The Balaban J connectivity index is 3.12. The third-order valence-corrected chi connectivity index (χ3v) is 3.03. The summed E-state index contributed by atoms with van der Waals surface area (Å²) in [4.78, 5) is 1.88. The Morgan fingerprint density at radius 1 is 1.21 bits per heavy atom. The van der Waals surface area contributed by atoms with Crippen LogP contribution >= 0.6 is 0 Å². The molecule has 1 rings (SSSR count). The van der Waals surface area contributed by atoms with Crippen molar-refractivity contribution in [2.24, 2.45) is 11.7 Å². The number of nitrogens with two attached hydrogens (primary N) is 1. The van der Waals surface area contributed by atoms with E-state index in [1.54, 1.807) is 6.07 Å². The molecule has 0 saturated carbocycles. The van der Waals surface area contributed by atoms with E-state index in [1.807, 2.05) is 25.8 Å². The van der Waals surface area contributed by atoms with Gasteiger partial charge in [0.05, 0.1) is 5.56 Å². The summed E-state index contributed by atoms with van der Waals surface area (Å²) in [5.41, 5.74) is 5.34. The van der Waals surface area contributed by atoms with Crippen LogP contribution in [0, 0.1) is 5.92 Å². The van der Waals surface area contributed by atoms with Crippen molar-refractivity contribution in [1.82, 2.24) is 4.90 Å². The van der Waals surface area contributed by atoms with Crippen molar-refractivity contribution in [3.05, 3.63) is 35.4 Å². The lowest BCUT2D eigenvalue weighted by molar-refractivity contribution is -0.138. The van der Waals surface area contributed by atoms with Gasteiger partial charge >= 0.3 is 6.18 Å². The Labute approximate surface area is 112 Å². The largest absolute Gasteiger partial charge is 0.416 e. The summed E-state index contributed by atoms with van der Waals surface area (Å²) in [6.45, 7) is 4.92. The highest BCUT2D eigenvalue weighted by atomic mass is 19.4. The smallest absolute Gasteiger partial charge is 0.329 e. The number of benzene rings is 1. The molecule has 0 bridgehead atoms. The normalized spacial score (nSPS) is 14.2. The minimum Gasteiger partial charge on any atom is -0.329 e. The lowest BCUT2D eigenvalue weighted by Gasteiger charge is -2.30. The topological polar surface area (TPSA) is 29.3 Å². The van der Waals surface area contributed by atoms with Crippen molar-refractivity contribution in [3.8, 4) is 0 Å². The minimum atomic E-state index is -4.34. The molecule has 0 heterocycles. The summed E-state index contributed by atoms with van der Waals surface area (Å²) in [6.07, 6.45) is -4.34. The average Bonchev–Trinajstić information content (AvgIpc) is 2.28. The van der Waals surface area contributed by atoms with E-state index in [0.717, 1.165) is 6.07 Å². The molecule has 0 radical (unpaired) electrons. The lowest BCUT2D eigenvalue weighted by atomic mass is 9.98. The lowest BCUT2D eigenvalue weighted by Crippen LogP contribution is -2.34. The van der Waals surface area contributed by atoms with Gasteiger partial charge in [-0.15, -0.1) is 0 Å². The molecule has 0 amide bonds. The number of halogens is 3. The van der Waals surface area contributed by atoms with Gasteiger partial charge in [-0.3, -0.25) is 4.90 Å². The molecule has 2 N–H and O–H groups in total. The summed E-state index contributed by atoms with van der Waals surface area (Å²) >= 11 is 0. The zero-order chi connectivity index (χ0) is 14.6. The van der Waals surface area contributed by atoms with Gasteiger partial charge in [0.25, 0.3) is 0 Å². The molecule has 1 aromatic rings. The summed E-state index contributed by atoms with van der Waals surface area (Å²) in [7, 11) is 1.81. The van der Waals surface area contributed by atoms with Gasteiger partial charge in [0.1, 0.15) is 0 Å². The van der Waals surface area contributed by atoms with Gasteiger partial charge in [-0.1, -0.05) is 32.0 Å². The highest BCUT2D eigenvalue weighted by Gasteiger charge is 2.35. The van der Waals surface area contributed by atoms with Crippen LogP contribution in [0.2, 0.25) is 0 Å². The first-order chi connectivity index (χ1) is 8.77. The van der Waals surface area contributed by atoms with Gasteiger partial charge in [0.2, 0.25) is 0 Å². The van der Waals surface area contributed by atoms with Crippen molar-refractivity contribution in [2.75, 3.05) is 20.1 Å². The highest BCUT2D eigenvalue weighted by Crippen LogP contribution is 2.35. The Hall–Kier alpha value is -1.07. The fourth-order valence-electron chi connectivity index (χ4n) is 2.29. The Morgan fingerprint density at radius 3 is 2.26 bits per heavy atom. The van der Waals surface area contributed by atoms with Crippen LogP contribution in [0.15, 0.2) is 24.3 Å². The molecule has 1 atom stereocenters. The molecule has 2 nitrogen and oxygen atoms in total. The van der Waals surface area contributed by atoms with E-state index in [0.29, 0.717) is 12.5 Å². The van der Waals surface area contributed by atoms with Crippen LogP contribution in [-0.2, 0) is 6.18 Å². The molecular formula is C14H21F3N2. The molecule has 0 saturated heterocycles. The first-order valence-electron chi connectivity index (χ1n) is 6.33. The maximum atomic E-state index is 13.0. The Morgan fingerprint density at radius 2 is 1.79 bits per heavy atom. The quantitative estimate of drug-likeness (QED) is 0.892. The van der Waals surface area contributed by atoms with Gasteiger partial charge in [0, 0.05) is 19.1 Å². The van der Waals surface area contributed by atoms with Crippen LogP contribution in [0.25, 0.3) is 0 Å². The molecule has 108 valence electrons. The average molecular weight is 274 g/mol. The fourth-order valence-corrected chi connectivity index (χ4v) is 2.29. The molecule has 0 fully saturated rings. The summed E-state index contributed by atoms with van der Waals surface area (Å²) in [5, 5.41) is 0. The molecule has 1 aromatic carbocycles. The molecule has 1 unspecified atom stereocenters. The number of rotatable bonds is 5. The van der Waals surface area contributed by atoms with Crippen molar-refractivity contribution < 1.29 is 13.2 Å². The van der Waals surface area contributed by atoms with Crippen molar-refractivity contribution >= 4 is 0 Å². The van der Waals surface area contributed by atoms with Crippen molar-refractivity contribution in [2.45, 2.75) is 26.1 Å². The first-order valence-corrected chi connectivity index (χ1v) is 6.33. The van der Waals surface area contributed by atoms with Crippen LogP contribution in [0.4, 0.5) is 13.2 Å². The van der Waals surface area contributed by atoms with Gasteiger partial charge in [0.15, 0.2) is 0 Å². The van der Waals surface area contributed by atoms with Crippen LogP contribution in [0.1, 0.15) is 31.0 Å². The Kier molecular flexibility index (Phi) is 5.38. The van der Waals surface area contributed by atoms with E-state index >= 15 is 0 Å². The molecular weight excluding hydrogens is 253 g/mol. The van der Waals surface area contributed by atoms with Crippen LogP contribution in [0.5, 0.6) is 0 Å². The molecule has 0 aliphatic heterocycles. The van der Waals surface area contributed by atoms with E-state index in [-0.39, 0.29) is 12.1 Å². The molecule has 0 aliphatic carbocycles. The number of hydrogen-bond donors (Lipinski definition) is 1. The van der Waals surface area contributed by atoms with Gasteiger partial charge < -0.3 is 5.73 Å². The number of hydrogen-bond acceptors (Lipinski definition) is 2. The molecule has 0 aliphatic rings. The molecule has 5 heteroatoms. The second-order valence-corrected chi connectivity index (χ2v) is 5.17. The SMILES string of the molecule is CC(C)CN(C)C(CN)c1ccccc1C(F)(F)F. The van der Waals surface area contributed by atoms with E-state index in [9.17, 15) is 13.2 Å². The second kappa shape index (κ2) is 6.39. The van der Waals surface area contributed by atoms with Crippen LogP contribution < -0.4 is 5.73 Å². The molecule has 0 spiro atoms. The first kappa shape index (κ1) is 16.0. The van der Waals surface area contributed by atoms with Crippen molar-refractivity contribution in [1.29, 1.82) is 0 Å². The summed E-state index contributed by atoms with van der Waals surface area (Å²) < 4.78 is 39.0. The summed E-state index contributed by atoms with van der Waals surface area (Å²) in [6, 6.07) is 5.23. The monoisotopic (exact) mass is 274 g/mol. The summed E-state index contributed by atoms with van der Waals surface area (Å²) in [5.74, 6) is 0.372. The maximum Gasteiger partial charge on any atom is 0.416 e. The zero-order valence-corrected chi connectivity index (χ0v) is 11.5. The van der Waals surface area contributed by atoms with Gasteiger partial charge in [-0.2, -0.15) is 13.2 Å². The van der Waals surface area contributed by atoms with E-state index in [2.05, 4.69) is 0 Å². The van der Waals surface area contributed by atoms with E-state index < -0.39 is 17.8 Å². The fraction of sp³-hybridized carbons (Fsp3) is 0.571. The predicted molar refractivity (Wildman–Crippen MR) is 70.7 cm³/mol. The third kappa shape index (κ3) is 4.21. The molecule has 19 heavy (non-hydrogen) atoms. The van der Waals surface area contributed by atoms with Gasteiger partial charge in [-0.05, 0) is 24.6 Å². The van der Waals surface area contributed by atoms with Crippen molar-refractivity contribution in [3.63, 3.8) is 0 Å². The van der Waals surface area contributed by atoms with Gasteiger partial charge in [-0.25, -0.2) is 0 Å². The number of nitrogens with zero attached hydrogens (tertiary/aromatic N) is 1. The highest BCUT2D eigenvalue weighted by molar-refractivity contribution is 5.32. The molecule has 0 aromatic heterocycles. The maximum absolute atomic E-state index is 13.0. The third-order valence-electron chi connectivity index (χ3n) is 3.03.